The van der Waals surface area contributed by atoms with Crippen molar-refractivity contribution in [1.29, 1.82) is 0 Å². The molecule has 0 bridgehead atoms. The highest BCUT2D eigenvalue weighted by Gasteiger charge is 2.25. The Hall–Kier alpha value is -1.76. The second-order valence-electron chi connectivity index (χ2n) is 6.36. The summed E-state index contributed by atoms with van der Waals surface area (Å²) in [7, 11) is 1.75. The van der Waals surface area contributed by atoms with Gasteiger partial charge >= 0.3 is 0 Å². The maximum absolute atomic E-state index is 5.93. The lowest BCUT2D eigenvalue weighted by Crippen LogP contribution is -2.47. The van der Waals surface area contributed by atoms with Crippen molar-refractivity contribution in [1.82, 2.24) is 20.0 Å². The molecule has 0 N–H and O–H groups in total. The first-order chi connectivity index (χ1) is 11.7. The van der Waals surface area contributed by atoms with Crippen LogP contribution in [0.5, 0.6) is 0 Å². The van der Waals surface area contributed by atoms with E-state index < -0.39 is 0 Å². The number of methoxy groups -OCH3 is 1. The number of benzene rings is 1. The molecule has 0 radical (unpaired) electrons. The number of hydrogen-bond acceptors (Lipinski definition) is 6. The van der Waals surface area contributed by atoms with Crippen LogP contribution in [-0.4, -0.2) is 66.4 Å². The third-order valence-electron chi connectivity index (χ3n) is 4.63. The molecule has 1 aromatic heterocycles. The Bertz CT molecular complexity index is 650. The molecule has 2 aromatic rings. The zero-order chi connectivity index (χ0) is 16.9. The molecule has 0 saturated carbocycles. The van der Waals surface area contributed by atoms with Crippen molar-refractivity contribution >= 4 is 0 Å². The maximum Gasteiger partial charge on any atom is 0.247 e. The van der Waals surface area contributed by atoms with Gasteiger partial charge in [0, 0.05) is 45.4 Å². The number of ether oxygens (including phenoxy) is 1. The van der Waals surface area contributed by atoms with Crippen molar-refractivity contribution < 1.29 is 9.15 Å². The zero-order valence-electron chi connectivity index (χ0n) is 14.7. The van der Waals surface area contributed by atoms with Crippen LogP contribution >= 0.6 is 0 Å². The molecule has 6 nitrogen and oxygen atoms in total. The van der Waals surface area contributed by atoms with Gasteiger partial charge in [0.25, 0.3) is 0 Å². The summed E-state index contributed by atoms with van der Waals surface area (Å²) in [4.78, 5) is 4.83. The van der Waals surface area contributed by atoms with E-state index in [4.69, 9.17) is 9.15 Å². The summed E-state index contributed by atoms with van der Waals surface area (Å²) in [6.45, 7) is 10.1. The van der Waals surface area contributed by atoms with Crippen LogP contribution in [0.3, 0.4) is 0 Å². The van der Waals surface area contributed by atoms with E-state index in [1.54, 1.807) is 7.11 Å². The Morgan fingerprint density at radius 3 is 2.71 bits per heavy atom. The Morgan fingerprint density at radius 1 is 1.21 bits per heavy atom. The molecular weight excluding hydrogens is 304 g/mol. The third kappa shape index (κ3) is 4.01. The first-order valence-electron chi connectivity index (χ1n) is 8.53. The molecule has 6 heteroatoms. The summed E-state index contributed by atoms with van der Waals surface area (Å²) in [6, 6.07) is 8.28. The average Bonchev–Trinajstić information content (AvgIpc) is 3.10. The summed E-state index contributed by atoms with van der Waals surface area (Å²) >= 11 is 0. The van der Waals surface area contributed by atoms with E-state index in [9.17, 15) is 0 Å². The van der Waals surface area contributed by atoms with Gasteiger partial charge in [-0.05, 0) is 26.0 Å². The normalized spacial score (nSPS) is 18.0. The number of aromatic nitrogens is 2. The van der Waals surface area contributed by atoms with E-state index in [0.29, 0.717) is 11.8 Å². The van der Waals surface area contributed by atoms with Gasteiger partial charge in [-0.1, -0.05) is 17.7 Å². The molecule has 1 atom stereocenters. The number of aryl methyl sites for hydroxylation is 1. The van der Waals surface area contributed by atoms with E-state index >= 15 is 0 Å². The summed E-state index contributed by atoms with van der Waals surface area (Å²) in [5.41, 5.74) is 2.16. The van der Waals surface area contributed by atoms with Gasteiger partial charge in [-0.2, -0.15) is 0 Å². The van der Waals surface area contributed by atoms with Gasteiger partial charge in [-0.25, -0.2) is 0 Å². The fourth-order valence-electron chi connectivity index (χ4n) is 3.05. The Labute approximate surface area is 143 Å². The molecule has 0 spiro atoms. The van der Waals surface area contributed by atoms with Crippen LogP contribution in [0.1, 0.15) is 24.4 Å². The largest absolute Gasteiger partial charge is 0.419 e. The minimum absolute atomic E-state index is 0.139. The lowest BCUT2D eigenvalue weighted by atomic mass is 10.1. The monoisotopic (exact) mass is 330 g/mol. The lowest BCUT2D eigenvalue weighted by molar-refractivity contribution is 0.0717. The van der Waals surface area contributed by atoms with Crippen molar-refractivity contribution in [3.8, 4) is 11.5 Å². The Kier molecular flexibility index (Phi) is 5.60. The molecule has 2 heterocycles. The summed E-state index contributed by atoms with van der Waals surface area (Å²) < 4.78 is 11.1. The van der Waals surface area contributed by atoms with Crippen LogP contribution in [0.15, 0.2) is 28.7 Å². The summed E-state index contributed by atoms with van der Waals surface area (Å²) in [5, 5.41) is 8.50. The predicted molar refractivity (Wildman–Crippen MR) is 92.8 cm³/mol. The van der Waals surface area contributed by atoms with Gasteiger partial charge in [0.15, 0.2) is 0 Å². The van der Waals surface area contributed by atoms with Crippen molar-refractivity contribution in [3.05, 3.63) is 35.7 Å². The van der Waals surface area contributed by atoms with Crippen molar-refractivity contribution in [2.45, 2.75) is 19.9 Å². The molecular formula is C18H26N4O2. The van der Waals surface area contributed by atoms with Crippen LogP contribution in [0.25, 0.3) is 11.5 Å². The number of piperazine rings is 1. The maximum atomic E-state index is 5.93. The molecule has 1 fully saturated rings. The van der Waals surface area contributed by atoms with Crippen LogP contribution in [0.4, 0.5) is 0 Å². The highest BCUT2D eigenvalue weighted by atomic mass is 16.5. The van der Waals surface area contributed by atoms with E-state index in [0.717, 1.165) is 44.9 Å². The van der Waals surface area contributed by atoms with Gasteiger partial charge < -0.3 is 9.15 Å². The summed E-state index contributed by atoms with van der Waals surface area (Å²) in [6.07, 6.45) is 0. The smallest absolute Gasteiger partial charge is 0.247 e. The topological polar surface area (TPSA) is 54.6 Å². The zero-order valence-corrected chi connectivity index (χ0v) is 14.7. The van der Waals surface area contributed by atoms with Gasteiger partial charge in [0.2, 0.25) is 11.8 Å². The van der Waals surface area contributed by atoms with Crippen LogP contribution < -0.4 is 0 Å². The minimum Gasteiger partial charge on any atom is -0.419 e. The SMILES string of the molecule is COCCN1CCN([C@H](C)c2nnc(-c3cccc(C)c3)o2)CC1. The summed E-state index contributed by atoms with van der Waals surface area (Å²) in [5.74, 6) is 1.29. The minimum atomic E-state index is 0.139. The fraction of sp³-hybridized carbons (Fsp3) is 0.556. The van der Waals surface area contributed by atoms with Gasteiger partial charge in [-0.15, -0.1) is 10.2 Å². The van der Waals surface area contributed by atoms with E-state index in [2.05, 4.69) is 46.0 Å². The average molecular weight is 330 g/mol. The van der Waals surface area contributed by atoms with Gasteiger partial charge in [0.05, 0.1) is 12.6 Å². The molecule has 3 rings (SSSR count). The van der Waals surface area contributed by atoms with Crippen molar-refractivity contribution in [2.75, 3.05) is 46.4 Å². The molecule has 0 amide bonds. The quantitative estimate of drug-likeness (QED) is 0.810. The van der Waals surface area contributed by atoms with Crippen LogP contribution in [0.2, 0.25) is 0 Å². The second-order valence-corrected chi connectivity index (χ2v) is 6.36. The molecule has 1 aliphatic heterocycles. The molecule has 0 aliphatic carbocycles. The fourth-order valence-corrected chi connectivity index (χ4v) is 3.05. The molecule has 1 saturated heterocycles. The van der Waals surface area contributed by atoms with E-state index in [-0.39, 0.29) is 6.04 Å². The van der Waals surface area contributed by atoms with E-state index in [1.807, 2.05) is 12.1 Å². The first-order valence-corrected chi connectivity index (χ1v) is 8.53. The molecule has 24 heavy (non-hydrogen) atoms. The number of hydrogen-bond donors (Lipinski definition) is 0. The van der Waals surface area contributed by atoms with E-state index in [1.165, 1.54) is 5.56 Å². The number of rotatable bonds is 6. The molecule has 1 aromatic carbocycles. The van der Waals surface area contributed by atoms with Crippen LogP contribution in [0, 0.1) is 6.92 Å². The third-order valence-corrected chi connectivity index (χ3v) is 4.63. The van der Waals surface area contributed by atoms with Crippen molar-refractivity contribution in [2.24, 2.45) is 0 Å². The first kappa shape index (κ1) is 17.1. The highest BCUT2D eigenvalue weighted by Crippen LogP contribution is 2.25. The van der Waals surface area contributed by atoms with Gasteiger partial charge in [0.1, 0.15) is 0 Å². The second kappa shape index (κ2) is 7.88. The highest BCUT2D eigenvalue weighted by molar-refractivity contribution is 5.53. The molecule has 130 valence electrons. The van der Waals surface area contributed by atoms with Crippen molar-refractivity contribution in [3.63, 3.8) is 0 Å². The Balaban J connectivity index is 1.61. The molecule has 1 aliphatic rings. The number of nitrogens with zero attached hydrogens (tertiary/aromatic N) is 4. The van der Waals surface area contributed by atoms with Gasteiger partial charge in [-0.3, -0.25) is 9.80 Å². The lowest BCUT2D eigenvalue weighted by Gasteiger charge is -2.36. The van der Waals surface area contributed by atoms with Crippen LogP contribution in [-0.2, 0) is 4.74 Å². The Morgan fingerprint density at radius 2 is 2.00 bits per heavy atom. The molecule has 0 unspecified atom stereocenters. The standard InChI is InChI=1S/C18H26N4O2/c1-14-5-4-6-16(13-14)18-20-19-17(24-18)15(2)22-9-7-21(8-10-22)11-12-23-3/h4-6,13,15H,7-12H2,1-3H3/t15-/m1/s1. The predicted octanol–water partition coefficient (Wildman–Crippen LogP) is 2.37.